The fraction of sp³-hybridized carbons (Fsp3) is 0.425. The summed E-state index contributed by atoms with van der Waals surface area (Å²) in [5, 5.41) is 25.0. The number of anilines is 2. The lowest BCUT2D eigenvalue weighted by Gasteiger charge is -2.45. The third kappa shape index (κ3) is 8.58. The Kier molecular flexibility index (Phi) is 14.0. The molecule has 12 heteroatoms. The van der Waals surface area contributed by atoms with Crippen LogP contribution in [-0.2, 0) is 4.79 Å². The van der Waals surface area contributed by atoms with Crippen molar-refractivity contribution in [3.05, 3.63) is 86.3 Å². The van der Waals surface area contributed by atoms with E-state index < -0.39 is 28.6 Å². The number of amidine groups is 1. The summed E-state index contributed by atoms with van der Waals surface area (Å²) in [5.74, 6) is -0.578. The first-order chi connectivity index (χ1) is 25.0. The normalized spacial score (nSPS) is 16.3. The number of hydrazone groups is 1. The van der Waals surface area contributed by atoms with Crippen LogP contribution in [0.25, 0.3) is 11.0 Å². The fourth-order valence-electron chi connectivity index (χ4n) is 7.21. The summed E-state index contributed by atoms with van der Waals surface area (Å²) in [6.07, 6.45) is 9.73. The molecule has 8 nitrogen and oxygen atoms in total. The van der Waals surface area contributed by atoms with Crippen LogP contribution in [0.2, 0.25) is 20.1 Å². The molecule has 3 atom stereocenters. The van der Waals surface area contributed by atoms with Crippen LogP contribution in [0.3, 0.4) is 0 Å². The molecule has 1 N–H and O–H groups in total. The second-order valence-corrected chi connectivity index (χ2v) is 15.2. The number of nitrogens with one attached hydrogen (secondary N) is 1. The van der Waals surface area contributed by atoms with E-state index in [2.05, 4.69) is 19.2 Å². The minimum atomic E-state index is -1.50. The monoisotopic (exact) mass is 786 g/mol. The van der Waals surface area contributed by atoms with Crippen molar-refractivity contribution >= 4 is 92.5 Å². The number of fused-ring (bicyclic) bond motifs is 1. The van der Waals surface area contributed by atoms with E-state index in [-0.39, 0.29) is 32.5 Å². The van der Waals surface area contributed by atoms with Crippen LogP contribution in [0.5, 0.6) is 0 Å². The molecule has 52 heavy (non-hydrogen) atoms. The molecule has 1 aliphatic heterocycles. The second-order valence-electron chi connectivity index (χ2n) is 13.6. The smallest absolute Gasteiger partial charge is 0.315 e. The minimum absolute atomic E-state index is 0.0176. The van der Waals surface area contributed by atoms with Gasteiger partial charge in [0.1, 0.15) is 17.3 Å². The molecule has 2 heterocycles. The number of unbranched alkanes of at least 4 members (excludes halogenated alkanes) is 8. The van der Waals surface area contributed by atoms with Crippen molar-refractivity contribution in [3.8, 4) is 0 Å². The molecule has 0 radical (unpaired) electrons. The third-order valence-electron chi connectivity index (χ3n) is 9.82. The largest absolute Gasteiger partial charge is 0.498 e. The number of benzene rings is 3. The maximum Gasteiger partial charge on any atom is 0.315 e. The van der Waals surface area contributed by atoms with Crippen LogP contribution in [0, 0.1) is 6.92 Å². The summed E-state index contributed by atoms with van der Waals surface area (Å²) < 4.78 is 5.48. The molecule has 0 bridgehead atoms. The first-order valence-electron chi connectivity index (χ1n) is 18.2. The highest BCUT2D eigenvalue weighted by Gasteiger charge is 2.60. The van der Waals surface area contributed by atoms with Gasteiger partial charge >= 0.3 is 11.8 Å². The highest BCUT2D eigenvalue weighted by atomic mass is 35.5. The van der Waals surface area contributed by atoms with Crippen LogP contribution in [-0.4, -0.2) is 29.9 Å². The number of nitrogens with zero attached hydrogens (tertiary/aromatic N) is 3. The van der Waals surface area contributed by atoms with Gasteiger partial charge in [0, 0.05) is 23.3 Å². The van der Waals surface area contributed by atoms with Gasteiger partial charge in [-0.2, -0.15) is 9.49 Å². The third-order valence-corrected chi connectivity index (χ3v) is 10.9. The minimum Gasteiger partial charge on any atom is -0.498 e. The van der Waals surface area contributed by atoms with Gasteiger partial charge < -0.3 is 19.6 Å². The zero-order valence-corrected chi connectivity index (χ0v) is 32.9. The average Bonchev–Trinajstić information content (AvgIpc) is 3.67. The fourth-order valence-corrected chi connectivity index (χ4v) is 8.42. The van der Waals surface area contributed by atoms with Crippen molar-refractivity contribution in [2.45, 2.75) is 110 Å². The second kappa shape index (κ2) is 18.2. The van der Waals surface area contributed by atoms with E-state index in [1.165, 1.54) is 25.7 Å². The van der Waals surface area contributed by atoms with E-state index in [1.807, 2.05) is 25.1 Å². The van der Waals surface area contributed by atoms with Gasteiger partial charge in [0.05, 0.1) is 26.8 Å². The van der Waals surface area contributed by atoms with Gasteiger partial charge in [-0.3, -0.25) is 4.79 Å². The first-order valence-corrected chi connectivity index (χ1v) is 19.7. The predicted octanol–water partition coefficient (Wildman–Crippen LogP) is 11.9. The van der Waals surface area contributed by atoms with Crippen molar-refractivity contribution < 1.29 is 19.1 Å². The number of hydrogen-bond acceptors (Lipinski definition) is 6. The lowest BCUT2D eigenvalue weighted by atomic mass is 9.94. The zero-order valence-electron chi connectivity index (χ0n) is 29.9. The number of aryl methyl sites for hydroxylation is 1. The molecule has 2 amide bonds. The summed E-state index contributed by atoms with van der Waals surface area (Å²) >= 11 is 26.3. The number of hydrogen-bond donors (Lipinski definition) is 1. The van der Waals surface area contributed by atoms with Crippen LogP contribution in [0.1, 0.15) is 96.5 Å². The number of carbonyl (C=O) groups is 2. The van der Waals surface area contributed by atoms with E-state index in [4.69, 9.17) is 55.9 Å². The Hall–Kier alpha value is -3.27. The Morgan fingerprint density at radius 1 is 0.865 bits per heavy atom. The molecular weight excluding hydrogens is 742 g/mol. The van der Waals surface area contributed by atoms with Crippen molar-refractivity contribution in [3.63, 3.8) is 0 Å². The molecule has 4 aromatic rings. The molecule has 0 fully saturated rings. The Morgan fingerprint density at radius 3 is 2.13 bits per heavy atom. The van der Waals surface area contributed by atoms with Gasteiger partial charge in [0.15, 0.2) is 5.84 Å². The molecule has 1 aliphatic rings. The lowest BCUT2D eigenvalue weighted by Crippen LogP contribution is -2.74. The summed E-state index contributed by atoms with van der Waals surface area (Å²) in [6, 6.07) is 15.1. The number of furan rings is 1. The molecule has 3 unspecified atom stereocenters. The SMILES string of the molecule is CCCCCCCCCCC(CCCC)[N+](C(=O)[O-])(c1cc2ccccc2o1)C1C(=O)N(c2c(Cl)cc(C)cc2Cl)N=C1Nc1ccc(Cl)cc1Cl. The molecule has 0 spiro atoms. The number of halogens is 4. The van der Waals surface area contributed by atoms with Gasteiger partial charge in [-0.05, 0) is 61.7 Å². The number of carbonyl (C=O) groups excluding carboxylic acids is 2. The van der Waals surface area contributed by atoms with Crippen LogP contribution in [0.15, 0.2) is 70.2 Å². The maximum atomic E-state index is 15.1. The van der Waals surface area contributed by atoms with Crippen LogP contribution < -0.4 is 19.9 Å². The molecular formula is C40H46Cl4N4O4. The summed E-state index contributed by atoms with van der Waals surface area (Å²) in [4.78, 5) is 29.4. The van der Waals surface area contributed by atoms with Crippen LogP contribution in [0.4, 0.5) is 22.1 Å². The Morgan fingerprint density at radius 2 is 1.50 bits per heavy atom. The lowest BCUT2D eigenvalue weighted by molar-refractivity contribution is -0.268. The summed E-state index contributed by atoms with van der Waals surface area (Å²) in [6.45, 7) is 6.09. The van der Waals surface area contributed by atoms with Gasteiger partial charge in [-0.1, -0.05) is 130 Å². The van der Waals surface area contributed by atoms with Gasteiger partial charge in [-0.25, -0.2) is 0 Å². The molecule has 1 aromatic heterocycles. The molecule has 0 aliphatic carbocycles. The molecule has 0 saturated carbocycles. The van der Waals surface area contributed by atoms with Gasteiger partial charge in [0.2, 0.25) is 6.04 Å². The van der Waals surface area contributed by atoms with Gasteiger partial charge in [0.25, 0.3) is 6.09 Å². The highest BCUT2D eigenvalue weighted by Crippen LogP contribution is 2.44. The predicted molar refractivity (Wildman–Crippen MR) is 214 cm³/mol. The van der Waals surface area contributed by atoms with E-state index in [9.17, 15) is 9.90 Å². The molecule has 0 saturated heterocycles. The summed E-state index contributed by atoms with van der Waals surface area (Å²) in [5.41, 5.74) is 1.78. The zero-order chi connectivity index (χ0) is 37.4. The van der Waals surface area contributed by atoms with E-state index in [1.54, 1.807) is 42.5 Å². The van der Waals surface area contributed by atoms with E-state index >= 15 is 4.79 Å². The average molecular weight is 789 g/mol. The first kappa shape index (κ1) is 39.9. The topological polar surface area (TPSA) is 98.0 Å². The van der Waals surface area contributed by atoms with Crippen molar-refractivity contribution in [1.29, 1.82) is 0 Å². The van der Waals surface area contributed by atoms with Crippen molar-refractivity contribution in [2.24, 2.45) is 5.10 Å². The standard InChI is InChI=1S/C40H46Cl4N4O4/c1-4-6-8-9-10-11-12-13-18-29(17-7-5-2)48(40(50)51,35-24-27-16-14-15-19-34(27)52-35)37-38(45-33-21-20-28(41)25-30(33)42)46-47(39(37)49)36-31(43)22-26(3)23-32(36)44/h14-16,19-25,29,37H,4-13,17-18H2,1-3H3,(H-,45,46,50,51). The molecule has 5 rings (SSSR count). The highest BCUT2D eigenvalue weighted by molar-refractivity contribution is 6.41. The molecule has 278 valence electrons. The quantitative estimate of drug-likeness (QED) is 0.0849. The maximum absolute atomic E-state index is 15.1. The number of carboxylic acid groups (broad SMARTS) is 1. The Bertz CT molecular complexity index is 1860. The Balaban J connectivity index is 1.68. The van der Waals surface area contributed by atoms with Crippen molar-refractivity contribution in [1.82, 2.24) is 4.48 Å². The number of rotatable bonds is 17. The number of quaternary nitrogens is 1. The van der Waals surface area contributed by atoms with E-state index in [0.717, 1.165) is 49.1 Å². The van der Waals surface area contributed by atoms with Gasteiger partial charge in [-0.15, -0.1) is 5.10 Å². The Labute approximate surface area is 326 Å². The number of amides is 2. The number of para-hydroxylation sites is 1. The molecule has 3 aromatic carbocycles. The van der Waals surface area contributed by atoms with Crippen LogP contribution >= 0.6 is 46.4 Å². The van der Waals surface area contributed by atoms with Crippen molar-refractivity contribution in [2.75, 3.05) is 10.3 Å². The summed E-state index contributed by atoms with van der Waals surface area (Å²) in [7, 11) is 0. The van der Waals surface area contributed by atoms with E-state index in [0.29, 0.717) is 34.5 Å².